The number of epoxide rings is 1. The third-order valence-corrected chi connectivity index (χ3v) is 3.08. The summed E-state index contributed by atoms with van der Waals surface area (Å²) in [6.07, 6.45) is 3.08. The monoisotopic (exact) mass is 206 g/mol. The van der Waals surface area contributed by atoms with E-state index in [1.54, 1.807) is 12.1 Å². The molecule has 2 heteroatoms. The Labute approximate surface area is 90.9 Å². The number of ether oxygens (including phenoxy) is 1. The highest BCUT2D eigenvalue weighted by Crippen LogP contribution is 2.33. The minimum Gasteiger partial charge on any atom is -0.508 e. The molecule has 15 heavy (non-hydrogen) atoms. The SMILES string of the molecule is CCC1OC1C(C)Cc1ccc(O)cc1. The lowest BCUT2D eigenvalue weighted by Crippen LogP contribution is -2.09. The van der Waals surface area contributed by atoms with Crippen molar-refractivity contribution < 1.29 is 9.84 Å². The maximum Gasteiger partial charge on any atom is 0.115 e. The second-order valence-electron chi connectivity index (χ2n) is 4.40. The Kier molecular flexibility index (Phi) is 2.96. The number of hydrogen-bond donors (Lipinski definition) is 1. The molecule has 3 atom stereocenters. The first kappa shape index (κ1) is 10.5. The van der Waals surface area contributed by atoms with E-state index in [2.05, 4.69) is 13.8 Å². The number of benzene rings is 1. The Morgan fingerprint density at radius 2 is 2.00 bits per heavy atom. The predicted octanol–water partition coefficient (Wildman–Crippen LogP) is 2.75. The molecule has 0 aromatic heterocycles. The molecular weight excluding hydrogens is 188 g/mol. The number of hydrogen-bond acceptors (Lipinski definition) is 2. The van der Waals surface area contributed by atoms with Gasteiger partial charge in [0.15, 0.2) is 0 Å². The Hall–Kier alpha value is -1.02. The highest BCUT2D eigenvalue weighted by Gasteiger charge is 2.40. The van der Waals surface area contributed by atoms with Gasteiger partial charge in [0, 0.05) is 0 Å². The Morgan fingerprint density at radius 1 is 1.33 bits per heavy atom. The van der Waals surface area contributed by atoms with E-state index in [-0.39, 0.29) is 0 Å². The fourth-order valence-electron chi connectivity index (χ4n) is 2.11. The van der Waals surface area contributed by atoms with Crippen LogP contribution in [0.5, 0.6) is 5.75 Å². The van der Waals surface area contributed by atoms with Gasteiger partial charge in [-0.25, -0.2) is 0 Å². The van der Waals surface area contributed by atoms with E-state index in [1.165, 1.54) is 5.56 Å². The van der Waals surface area contributed by atoms with Gasteiger partial charge in [-0.15, -0.1) is 0 Å². The molecule has 1 saturated heterocycles. The lowest BCUT2D eigenvalue weighted by Gasteiger charge is -2.08. The van der Waals surface area contributed by atoms with Crippen LogP contribution in [-0.4, -0.2) is 17.3 Å². The highest BCUT2D eigenvalue weighted by atomic mass is 16.6. The molecule has 2 nitrogen and oxygen atoms in total. The zero-order valence-electron chi connectivity index (χ0n) is 9.31. The first-order valence-electron chi connectivity index (χ1n) is 5.64. The third kappa shape index (κ3) is 2.51. The fraction of sp³-hybridized carbons (Fsp3) is 0.538. The first-order chi connectivity index (χ1) is 7.20. The summed E-state index contributed by atoms with van der Waals surface area (Å²) in [5, 5.41) is 9.17. The Balaban J connectivity index is 1.89. The number of phenols is 1. The molecule has 1 aromatic carbocycles. The lowest BCUT2D eigenvalue weighted by atomic mass is 9.96. The smallest absolute Gasteiger partial charge is 0.115 e. The highest BCUT2D eigenvalue weighted by molar-refractivity contribution is 5.26. The molecule has 3 unspecified atom stereocenters. The molecule has 1 aliphatic heterocycles. The molecule has 1 heterocycles. The average Bonchev–Trinajstić information content (AvgIpc) is 3.00. The molecule has 0 bridgehead atoms. The number of aromatic hydroxyl groups is 1. The summed E-state index contributed by atoms with van der Waals surface area (Å²) >= 11 is 0. The molecule has 1 aromatic rings. The van der Waals surface area contributed by atoms with Gasteiger partial charge in [-0.2, -0.15) is 0 Å². The van der Waals surface area contributed by atoms with E-state index in [4.69, 9.17) is 9.84 Å². The van der Waals surface area contributed by atoms with E-state index in [1.807, 2.05) is 12.1 Å². The van der Waals surface area contributed by atoms with Crippen molar-refractivity contribution >= 4 is 0 Å². The molecule has 2 rings (SSSR count). The second-order valence-corrected chi connectivity index (χ2v) is 4.40. The molecule has 0 aliphatic carbocycles. The van der Waals surface area contributed by atoms with Crippen molar-refractivity contribution in [1.29, 1.82) is 0 Å². The normalized spacial score (nSPS) is 26.3. The summed E-state index contributed by atoms with van der Waals surface area (Å²) in [5.41, 5.74) is 1.27. The minimum atomic E-state index is 0.334. The Morgan fingerprint density at radius 3 is 2.53 bits per heavy atom. The van der Waals surface area contributed by atoms with Crippen molar-refractivity contribution in [1.82, 2.24) is 0 Å². The molecule has 0 saturated carbocycles. The van der Waals surface area contributed by atoms with E-state index >= 15 is 0 Å². The zero-order valence-corrected chi connectivity index (χ0v) is 9.31. The molecule has 0 radical (unpaired) electrons. The van der Waals surface area contributed by atoms with E-state index in [0.717, 1.165) is 12.8 Å². The van der Waals surface area contributed by atoms with Crippen LogP contribution in [0.4, 0.5) is 0 Å². The summed E-state index contributed by atoms with van der Waals surface area (Å²) in [5.74, 6) is 0.903. The largest absolute Gasteiger partial charge is 0.508 e. The van der Waals surface area contributed by atoms with Crippen LogP contribution < -0.4 is 0 Å². The molecule has 1 fully saturated rings. The maximum atomic E-state index is 9.17. The summed E-state index contributed by atoms with van der Waals surface area (Å²) in [6, 6.07) is 7.45. The van der Waals surface area contributed by atoms with Crippen LogP contribution in [0.2, 0.25) is 0 Å². The fourth-order valence-corrected chi connectivity index (χ4v) is 2.11. The average molecular weight is 206 g/mol. The van der Waals surface area contributed by atoms with E-state index in [9.17, 15) is 0 Å². The van der Waals surface area contributed by atoms with Crippen LogP contribution in [0.15, 0.2) is 24.3 Å². The van der Waals surface area contributed by atoms with E-state index < -0.39 is 0 Å². The van der Waals surface area contributed by atoms with Gasteiger partial charge in [-0.3, -0.25) is 0 Å². The molecule has 1 N–H and O–H groups in total. The van der Waals surface area contributed by atoms with Gasteiger partial charge in [0.25, 0.3) is 0 Å². The van der Waals surface area contributed by atoms with Gasteiger partial charge < -0.3 is 9.84 Å². The maximum absolute atomic E-state index is 9.17. The minimum absolute atomic E-state index is 0.334. The van der Waals surface area contributed by atoms with Crippen molar-refractivity contribution in [2.45, 2.75) is 38.9 Å². The van der Waals surface area contributed by atoms with Crippen LogP contribution >= 0.6 is 0 Å². The molecule has 82 valence electrons. The van der Waals surface area contributed by atoms with Crippen LogP contribution in [-0.2, 0) is 11.2 Å². The molecule has 0 amide bonds. The van der Waals surface area contributed by atoms with Gasteiger partial charge in [-0.05, 0) is 36.5 Å². The van der Waals surface area contributed by atoms with Crippen LogP contribution in [0.3, 0.4) is 0 Å². The van der Waals surface area contributed by atoms with Crippen molar-refractivity contribution in [2.75, 3.05) is 0 Å². The summed E-state index contributed by atoms with van der Waals surface area (Å²) < 4.78 is 5.57. The summed E-state index contributed by atoms with van der Waals surface area (Å²) in [7, 11) is 0. The van der Waals surface area contributed by atoms with Crippen LogP contribution in [0, 0.1) is 5.92 Å². The third-order valence-electron chi connectivity index (χ3n) is 3.08. The van der Waals surface area contributed by atoms with Crippen molar-refractivity contribution in [3.63, 3.8) is 0 Å². The van der Waals surface area contributed by atoms with Gasteiger partial charge in [0.1, 0.15) is 5.75 Å². The van der Waals surface area contributed by atoms with Gasteiger partial charge in [0.2, 0.25) is 0 Å². The number of rotatable bonds is 4. The van der Waals surface area contributed by atoms with Crippen molar-refractivity contribution in [2.24, 2.45) is 5.92 Å². The Bertz CT molecular complexity index is 318. The van der Waals surface area contributed by atoms with Crippen LogP contribution in [0.25, 0.3) is 0 Å². The first-order valence-corrected chi connectivity index (χ1v) is 5.64. The molecule has 1 aliphatic rings. The van der Waals surface area contributed by atoms with E-state index in [0.29, 0.717) is 23.9 Å². The van der Waals surface area contributed by atoms with Crippen molar-refractivity contribution in [3.8, 4) is 5.75 Å². The summed E-state index contributed by atoms with van der Waals surface area (Å²) in [6.45, 7) is 4.39. The standard InChI is InChI=1S/C13H18O2/c1-3-12-13(15-12)9(2)8-10-4-6-11(14)7-5-10/h4-7,9,12-14H,3,8H2,1-2H3. The predicted molar refractivity (Wildman–Crippen MR) is 59.9 cm³/mol. The van der Waals surface area contributed by atoms with Gasteiger partial charge in [-0.1, -0.05) is 26.0 Å². The molecular formula is C13H18O2. The van der Waals surface area contributed by atoms with Crippen LogP contribution in [0.1, 0.15) is 25.8 Å². The van der Waals surface area contributed by atoms with Gasteiger partial charge >= 0.3 is 0 Å². The topological polar surface area (TPSA) is 32.8 Å². The molecule has 0 spiro atoms. The van der Waals surface area contributed by atoms with Crippen molar-refractivity contribution in [3.05, 3.63) is 29.8 Å². The van der Waals surface area contributed by atoms with Gasteiger partial charge in [0.05, 0.1) is 12.2 Å². The number of phenolic OH excluding ortho intramolecular Hbond substituents is 1. The quantitative estimate of drug-likeness (QED) is 0.768. The second kappa shape index (κ2) is 4.23. The summed E-state index contributed by atoms with van der Waals surface area (Å²) in [4.78, 5) is 0. The zero-order chi connectivity index (χ0) is 10.8. The lowest BCUT2D eigenvalue weighted by molar-refractivity contribution is 0.322.